The molecule has 0 bridgehead atoms. The zero-order chi connectivity index (χ0) is 26.7. The van der Waals surface area contributed by atoms with E-state index in [1.165, 1.54) is 0 Å². The van der Waals surface area contributed by atoms with Gasteiger partial charge in [-0.05, 0) is 0 Å². The van der Waals surface area contributed by atoms with Crippen molar-refractivity contribution in [3.8, 4) is 0 Å². The van der Waals surface area contributed by atoms with Crippen molar-refractivity contribution in [2.45, 2.75) is 156 Å². The van der Waals surface area contributed by atoms with Gasteiger partial charge in [0, 0.05) is 59.5 Å². The van der Waals surface area contributed by atoms with Crippen LogP contribution in [-0.2, 0) is 29.6 Å². The van der Waals surface area contributed by atoms with Crippen molar-refractivity contribution >= 4 is 23.3 Å². The number of hydrogen-bond acceptors (Lipinski definition) is 3. The molecule has 0 amide bonds. The van der Waals surface area contributed by atoms with Crippen LogP contribution in [0.1, 0.15) is 125 Å². The van der Waals surface area contributed by atoms with Crippen LogP contribution in [0.25, 0.3) is 0 Å². The predicted octanol–water partition coefficient (Wildman–Crippen LogP) is 8.97. The summed E-state index contributed by atoms with van der Waals surface area (Å²) in [7, 11) is -5.39. The summed E-state index contributed by atoms with van der Waals surface area (Å²) < 4.78 is 23.5. The molecule has 202 valence electrons. The molecule has 2 N–H and O–H groups in total. The van der Waals surface area contributed by atoms with Gasteiger partial charge >= 0.3 is 0 Å². The largest absolute Gasteiger partial charge is 0.373 e. The maximum atomic E-state index is 11.8. The van der Waals surface area contributed by atoms with Crippen molar-refractivity contribution < 1.29 is 39.3 Å². The Morgan fingerprint density at radius 2 is 0.781 bits per heavy atom. The fourth-order valence-corrected chi connectivity index (χ4v) is 9.41. The Kier molecular flexibility index (Phi) is 16.7. The molecular weight excluding hydrogens is 552 g/mol. The summed E-state index contributed by atoms with van der Waals surface area (Å²) in [6, 6.07) is 0. The third-order valence-electron chi connectivity index (χ3n) is 4.45. The third-order valence-corrected chi connectivity index (χ3v) is 13.4. The molecule has 0 atom stereocenters. The fourth-order valence-electron chi connectivity index (χ4n) is 3.14. The van der Waals surface area contributed by atoms with Crippen LogP contribution in [-0.4, -0.2) is 40.7 Å². The van der Waals surface area contributed by atoms with E-state index in [9.17, 15) is 18.9 Å². The maximum Gasteiger partial charge on any atom is 0.210 e. The molecule has 0 aromatic rings. The normalized spacial score (nSPS) is 14.2. The van der Waals surface area contributed by atoms with Gasteiger partial charge in [-0.2, -0.15) is 0 Å². The van der Waals surface area contributed by atoms with E-state index in [1.807, 2.05) is 41.5 Å². The standard InChI is InChI=1S/C8H19O2P.2C8H19OP.Pd/c1-7(2,3)11(9,10)8(4,5)6;2*1-7(2,3)10(9)8(4,5)6;/h1-6H3,(H,9,10);10H,1-6H3;9H,1-6H3;. The molecule has 0 saturated carbocycles. The fraction of sp³-hybridized carbons (Fsp3) is 1.00. The van der Waals surface area contributed by atoms with E-state index in [-0.39, 0.29) is 41.0 Å². The second-order valence-electron chi connectivity index (χ2n) is 14.4. The van der Waals surface area contributed by atoms with Crippen molar-refractivity contribution in [2.24, 2.45) is 0 Å². The molecule has 0 radical (unpaired) electrons. The van der Waals surface area contributed by atoms with Crippen LogP contribution >= 0.6 is 23.3 Å². The van der Waals surface area contributed by atoms with Crippen molar-refractivity contribution in [3.05, 3.63) is 0 Å². The molecule has 0 aromatic carbocycles. The van der Waals surface area contributed by atoms with E-state index in [0.29, 0.717) is 0 Å². The summed E-state index contributed by atoms with van der Waals surface area (Å²) in [4.78, 5) is 19.5. The Balaban J connectivity index is -0.000000181. The molecule has 4 nitrogen and oxygen atoms in total. The van der Waals surface area contributed by atoms with E-state index < -0.39 is 33.6 Å². The Bertz CT molecular complexity index is 558. The van der Waals surface area contributed by atoms with E-state index in [1.54, 1.807) is 41.5 Å². The number of rotatable bonds is 0. The SMILES string of the molecule is CC(C)(C)P(=O)(O)C(C)(C)C.CC(C)(C)P(O)C(C)(C)C.CC(C)(C)[PH](=O)C(C)(C)C.[Pd]. The second-order valence-corrected chi connectivity index (χ2v) is 25.2. The van der Waals surface area contributed by atoms with E-state index in [4.69, 9.17) is 0 Å². The van der Waals surface area contributed by atoms with Crippen LogP contribution in [0.3, 0.4) is 0 Å². The minimum absolute atomic E-state index is 0. The van der Waals surface area contributed by atoms with Crippen LogP contribution in [0, 0.1) is 0 Å². The summed E-state index contributed by atoms with van der Waals surface area (Å²) in [6.07, 6.45) is 0. The molecule has 0 fully saturated rings. The Morgan fingerprint density at radius 1 is 0.594 bits per heavy atom. The van der Waals surface area contributed by atoms with Crippen LogP contribution < -0.4 is 0 Å². The van der Waals surface area contributed by atoms with Gasteiger partial charge in [-0.1, -0.05) is 125 Å². The maximum absolute atomic E-state index is 11.8. The summed E-state index contributed by atoms with van der Waals surface area (Å²) in [5.41, 5.74) is 0. The summed E-state index contributed by atoms with van der Waals surface area (Å²) in [5, 5.41) is -0.913. The smallest absolute Gasteiger partial charge is 0.210 e. The Hall–Kier alpha value is 1.47. The van der Waals surface area contributed by atoms with Gasteiger partial charge in [-0.3, -0.25) is 4.57 Å². The molecule has 0 aliphatic heterocycles. The third kappa shape index (κ3) is 15.5. The Morgan fingerprint density at radius 3 is 0.781 bits per heavy atom. The van der Waals surface area contributed by atoms with Gasteiger partial charge in [-0.25, -0.2) is 0 Å². The molecule has 8 heteroatoms. The van der Waals surface area contributed by atoms with Gasteiger partial charge < -0.3 is 14.4 Å². The van der Waals surface area contributed by atoms with Gasteiger partial charge in [0.25, 0.3) is 0 Å². The van der Waals surface area contributed by atoms with Crippen molar-refractivity contribution in [2.75, 3.05) is 0 Å². The predicted molar refractivity (Wildman–Crippen MR) is 146 cm³/mol. The van der Waals surface area contributed by atoms with Crippen molar-refractivity contribution in [1.29, 1.82) is 0 Å². The molecule has 0 aromatic heterocycles. The van der Waals surface area contributed by atoms with Crippen LogP contribution in [0.15, 0.2) is 0 Å². The first-order chi connectivity index (χ1) is 12.8. The Labute approximate surface area is 217 Å². The first-order valence-electron chi connectivity index (χ1n) is 11.2. The van der Waals surface area contributed by atoms with Crippen LogP contribution in [0.5, 0.6) is 0 Å². The molecule has 0 rings (SSSR count). The monoisotopic (exact) mass is 608 g/mol. The minimum atomic E-state index is -3.06. The molecular formula is C24H57O4P3Pd. The van der Waals surface area contributed by atoms with Crippen molar-refractivity contribution in [3.63, 3.8) is 0 Å². The summed E-state index contributed by atoms with van der Waals surface area (Å²) >= 11 is 0. The molecule has 0 heterocycles. The van der Waals surface area contributed by atoms with Crippen LogP contribution in [0.2, 0.25) is 0 Å². The minimum Gasteiger partial charge on any atom is -0.373 e. The van der Waals surface area contributed by atoms with Gasteiger partial charge in [0.1, 0.15) is 0 Å². The van der Waals surface area contributed by atoms with Gasteiger partial charge in [-0.15, -0.1) is 0 Å². The van der Waals surface area contributed by atoms with Gasteiger partial charge in [0.15, 0.2) is 0 Å². The zero-order valence-electron chi connectivity index (χ0n) is 24.4. The van der Waals surface area contributed by atoms with Gasteiger partial charge in [0.05, 0.1) is 7.80 Å². The van der Waals surface area contributed by atoms with E-state index in [0.717, 1.165) is 0 Å². The average molecular weight is 609 g/mol. The first kappa shape index (κ1) is 40.6. The number of hydrogen-bond donors (Lipinski definition) is 2. The topological polar surface area (TPSA) is 74.6 Å². The second kappa shape index (κ2) is 13.1. The quantitative estimate of drug-likeness (QED) is 0.213. The van der Waals surface area contributed by atoms with Crippen molar-refractivity contribution in [1.82, 2.24) is 0 Å². The molecule has 32 heavy (non-hydrogen) atoms. The molecule has 0 saturated heterocycles. The summed E-state index contributed by atoms with van der Waals surface area (Å²) in [5.74, 6) is 0. The summed E-state index contributed by atoms with van der Waals surface area (Å²) in [6.45, 7) is 35.6. The molecule has 0 aliphatic rings. The van der Waals surface area contributed by atoms with E-state index in [2.05, 4.69) is 41.5 Å². The molecule has 0 unspecified atom stereocenters. The molecule has 0 aliphatic carbocycles. The van der Waals surface area contributed by atoms with Crippen LogP contribution in [0.4, 0.5) is 0 Å². The molecule has 0 spiro atoms. The zero-order valence-corrected chi connectivity index (χ0v) is 28.8. The van der Waals surface area contributed by atoms with E-state index >= 15 is 0 Å². The van der Waals surface area contributed by atoms with Gasteiger partial charge in [0.2, 0.25) is 7.37 Å². The average Bonchev–Trinajstić information content (AvgIpc) is 2.40. The first-order valence-corrected chi connectivity index (χ1v) is 15.5.